The van der Waals surface area contributed by atoms with Gasteiger partial charge in [0.25, 0.3) is 5.91 Å². The highest BCUT2D eigenvalue weighted by atomic mass is 19.1. The molecule has 2 aromatic rings. The van der Waals surface area contributed by atoms with Crippen LogP contribution < -0.4 is 21.7 Å². The molecule has 1 aromatic carbocycles. The number of likely N-dealkylation sites (tertiary alicyclic amines) is 1. The number of ketones is 1. The van der Waals surface area contributed by atoms with E-state index >= 15 is 0 Å². The number of carbonyl (C=O) groups excluding carboxylic acids is 4. The molecule has 210 valence electrons. The van der Waals surface area contributed by atoms with E-state index in [1.807, 2.05) is 13.8 Å². The van der Waals surface area contributed by atoms with E-state index in [2.05, 4.69) is 20.9 Å². The van der Waals surface area contributed by atoms with Crippen LogP contribution in [0, 0.1) is 11.3 Å². The molecular formula is C27H36FN7O4. The van der Waals surface area contributed by atoms with Crippen LogP contribution in [-0.2, 0) is 14.4 Å². The van der Waals surface area contributed by atoms with Gasteiger partial charge in [-0.05, 0) is 55.2 Å². The van der Waals surface area contributed by atoms with E-state index in [1.165, 1.54) is 4.90 Å². The van der Waals surface area contributed by atoms with E-state index < -0.39 is 42.4 Å². The Labute approximate surface area is 226 Å². The summed E-state index contributed by atoms with van der Waals surface area (Å²) in [5.41, 5.74) is 5.64. The number of nitrogens with two attached hydrogens (primary N) is 1. The van der Waals surface area contributed by atoms with Gasteiger partial charge in [-0.25, -0.2) is 4.39 Å². The summed E-state index contributed by atoms with van der Waals surface area (Å²) in [7, 11) is 0. The fraction of sp³-hybridized carbons (Fsp3) is 0.481. The number of nitrogens with one attached hydrogen (secondary N) is 4. The maximum absolute atomic E-state index is 13.6. The molecule has 0 bridgehead atoms. The van der Waals surface area contributed by atoms with E-state index in [0.29, 0.717) is 37.9 Å². The third-order valence-corrected chi connectivity index (χ3v) is 6.78. The van der Waals surface area contributed by atoms with Crippen molar-refractivity contribution in [1.29, 1.82) is 5.41 Å². The van der Waals surface area contributed by atoms with E-state index in [4.69, 9.17) is 11.1 Å². The van der Waals surface area contributed by atoms with Gasteiger partial charge < -0.3 is 26.6 Å². The first-order valence-electron chi connectivity index (χ1n) is 13.0. The molecule has 1 aromatic heterocycles. The molecule has 1 aliphatic rings. The lowest BCUT2D eigenvalue weighted by Crippen LogP contribution is -2.56. The normalized spacial score (nSPS) is 16.5. The third-order valence-electron chi connectivity index (χ3n) is 6.78. The largest absolute Gasteiger partial charge is 0.370 e. The van der Waals surface area contributed by atoms with Crippen LogP contribution in [0.2, 0.25) is 0 Å². The van der Waals surface area contributed by atoms with Crippen LogP contribution in [0.5, 0.6) is 0 Å². The zero-order valence-electron chi connectivity index (χ0n) is 22.2. The first-order valence-corrected chi connectivity index (χ1v) is 13.0. The summed E-state index contributed by atoms with van der Waals surface area (Å²) >= 11 is 0. The van der Waals surface area contributed by atoms with Crippen LogP contribution in [0.15, 0.2) is 36.7 Å². The Hall–Kier alpha value is -4.09. The lowest BCUT2D eigenvalue weighted by atomic mass is 10.0. The van der Waals surface area contributed by atoms with Crippen molar-refractivity contribution in [2.45, 2.75) is 57.7 Å². The molecule has 6 N–H and O–H groups in total. The second-order valence-corrected chi connectivity index (χ2v) is 9.97. The number of nitrogens with zero attached hydrogens (tertiary/aromatic N) is 2. The fourth-order valence-corrected chi connectivity index (χ4v) is 4.65. The molecule has 3 unspecified atom stereocenters. The highest BCUT2D eigenvalue weighted by Crippen LogP contribution is 2.22. The molecule has 3 atom stereocenters. The van der Waals surface area contributed by atoms with Crippen molar-refractivity contribution in [3.8, 4) is 0 Å². The zero-order valence-corrected chi connectivity index (χ0v) is 22.2. The molecule has 0 spiro atoms. The molecule has 3 rings (SSSR count). The number of carbonyl (C=O) groups is 4. The van der Waals surface area contributed by atoms with Crippen molar-refractivity contribution in [1.82, 2.24) is 25.8 Å². The Morgan fingerprint density at radius 3 is 2.64 bits per heavy atom. The Bertz CT molecular complexity index is 1220. The van der Waals surface area contributed by atoms with Crippen LogP contribution in [-0.4, -0.2) is 77.2 Å². The number of Topliss-reactive ketones (excluding diaryl/α,β-unsaturated/α-hetero) is 1. The average Bonchev–Trinajstić information content (AvgIpc) is 3.42. The summed E-state index contributed by atoms with van der Waals surface area (Å²) in [5, 5.41) is 16.9. The fourth-order valence-electron chi connectivity index (χ4n) is 4.65. The standard InChI is InChI=1S/C27H36FN7O4/c1-16(2)23(34-24(37)18-7-8-19-15-31-11-9-17(19)13-18)26(39)35-12-4-6-21(35)25(38)33-20(22(36)14-28)5-3-10-32-27(29)30/h7-9,11,13,15-16,20-21,23H,3-6,10,12,14H2,1-2H3,(H,33,38)(H,34,37)(H4,29,30,32). The predicted molar refractivity (Wildman–Crippen MR) is 145 cm³/mol. The number of pyridine rings is 1. The first-order chi connectivity index (χ1) is 18.6. The van der Waals surface area contributed by atoms with E-state index in [0.717, 1.165) is 10.8 Å². The minimum absolute atomic E-state index is 0.155. The maximum Gasteiger partial charge on any atom is 0.251 e. The highest BCUT2D eigenvalue weighted by molar-refractivity contribution is 6.01. The maximum atomic E-state index is 13.6. The second-order valence-electron chi connectivity index (χ2n) is 9.97. The summed E-state index contributed by atoms with van der Waals surface area (Å²) in [5.74, 6) is -2.58. The number of hydrogen-bond donors (Lipinski definition) is 5. The predicted octanol–water partition coefficient (Wildman–Crippen LogP) is 1.27. The Balaban J connectivity index is 1.68. The topological polar surface area (TPSA) is 170 Å². The van der Waals surface area contributed by atoms with Crippen molar-refractivity contribution >= 4 is 40.2 Å². The molecule has 11 nitrogen and oxygen atoms in total. The van der Waals surface area contributed by atoms with Crippen LogP contribution in [0.4, 0.5) is 4.39 Å². The third kappa shape index (κ3) is 7.71. The highest BCUT2D eigenvalue weighted by Gasteiger charge is 2.39. The quantitative estimate of drug-likeness (QED) is 0.153. The van der Waals surface area contributed by atoms with Crippen molar-refractivity contribution in [2.24, 2.45) is 11.7 Å². The smallest absolute Gasteiger partial charge is 0.251 e. The summed E-state index contributed by atoms with van der Waals surface area (Å²) in [6.07, 6.45) is 4.82. The van der Waals surface area contributed by atoms with Gasteiger partial charge in [-0.15, -0.1) is 0 Å². The summed E-state index contributed by atoms with van der Waals surface area (Å²) in [6.45, 7) is 3.00. The molecular weight excluding hydrogens is 505 g/mol. The van der Waals surface area contributed by atoms with Gasteiger partial charge in [0.05, 0.1) is 6.04 Å². The Morgan fingerprint density at radius 1 is 1.18 bits per heavy atom. The molecule has 0 radical (unpaired) electrons. The number of hydrogen-bond acceptors (Lipinski definition) is 6. The van der Waals surface area contributed by atoms with Gasteiger partial charge >= 0.3 is 0 Å². The lowest BCUT2D eigenvalue weighted by Gasteiger charge is -2.31. The summed E-state index contributed by atoms with van der Waals surface area (Å²) in [4.78, 5) is 57.5. The minimum atomic E-state index is -1.23. The van der Waals surface area contributed by atoms with Crippen LogP contribution in [0.1, 0.15) is 49.9 Å². The van der Waals surface area contributed by atoms with Crippen molar-refractivity contribution in [2.75, 3.05) is 19.8 Å². The minimum Gasteiger partial charge on any atom is -0.370 e. The molecule has 0 saturated carbocycles. The molecule has 3 amide bonds. The van der Waals surface area contributed by atoms with Crippen LogP contribution >= 0.6 is 0 Å². The number of aromatic nitrogens is 1. The van der Waals surface area contributed by atoms with Crippen molar-refractivity contribution in [3.63, 3.8) is 0 Å². The monoisotopic (exact) mass is 541 g/mol. The molecule has 2 heterocycles. The molecule has 12 heteroatoms. The Morgan fingerprint density at radius 2 is 1.95 bits per heavy atom. The Kier molecular flexibility index (Phi) is 10.3. The van der Waals surface area contributed by atoms with Crippen LogP contribution in [0.25, 0.3) is 10.8 Å². The van der Waals surface area contributed by atoms with Crippen molar-refractivity contribution in [3.05, 3.63) is 42.2 Å². The van der Waals surface area contributed by atoms with Crippen LogP contribution in [0.3, 0.4) is 0 Å². The van der Waals surface area contributed by atoms with Gasteiger partial charge in [0, 0.05) is 36.4 Å². The molecule has 39 heavy (non-hydrogen) atoms. The molecule has 1 saturated heterocycles. The van der Waals surface area contributed by atoms with Gasteiger partial charge in [-0.2, -0.15) is 0 Å². The average molecular weight is 542 g/mol. The molecule has 1 aliphatic heterocycles. The van der Waals surface area contributed by atoms with Gasteiger partial charge in [0.15, 0.2) is 11.7 Å². The number of rotatable bonds is 12. The number of alkyl halides is 1. The van der Waals surface area contributed by atoms with Crippen molar-refractivity contribution < 1.29 is 23.6 Å². The van der Waals surface area contributed by atoms with E-state index in [9.17, 15) is 23.6 Å². The molecule has 1 fully saturated rings. The number of benzene rings is 1. The first kappa shape index (κ1) is 29.5. The van der Waals surface area contributed by atoms with E-state index in [1.54, 1.807) is 36.7 Å². The van der Waals surface area contributed by atoms with Gasteiger partial charge in [-0.3, -0.25) is 29.6 Å². The van der Waals surface area contributed by atoms with Gasteiger partial charge in [-0.1, -0.05) is 19.9 Å². The van der Waals surface area contributed by atoms with Gasteiger partial charge in [0.2, 0.25) is 11.8 Å². The summed E-state index contributed by atoms with van der Waals surface area (Å²) < 4.78 is 13.2. The number of amides is 3. The zero-order chi connectivity index (χ0) is 28.5. The summed E-state index contributed by atoms with van der Waals surface area (Å²) in [6, 6.07) is 4.21. The second kappa shape index (κ2) is 13.6. The van der Waals surface area contributed by atoms with Gasteiger partial charge in [0.1, 0.15) is 18.8 Å². The number of halogens is 1. The lowest BCUT2D eigenvalue weighted by molar-refractivity contribution is -0.141. The number of guanidine groups is 1. The van der Waals surface area contributed by atoms with E-state index in [-0.39, 0.29) is 24.2 Å². The molecule has 0 aliphatic carbocycles. The number of fused-ring (bicyclic) bond motifs is 1. The SMILES string of the molecule is CC(C)C(NC(=O)c1ccc2cnccc2c1)C(=O)N1CCCC1C(=O)NC(CCCNC(=N)N)C(=O)CF.